The van der Waals surface area contributed by atoms with Crippen molar-refractivity contribution in [1.82, 2.24) is 5.43 Å². The molecule has 0 saturated carbocycles. The third-order valence-corrected chi connectivity index (χ3v) is 4.57. The lowest BCUT2D eigenvalue weighted by Gasteiger charge is -2.08. The normalized spacial score (nSPS) is 12.6. The predicted molar refractivity (Wildman–Crippen MR) is 112 cm³/mol. The number of anilines is 1. The van der Waals surface area contributed by atoms with Crippen LogP contribution in [0.4, 0.5) is 5.69 Å². The van der Waals surface area contributed by atoms with E-state index in [1.165, 1.54) is 6.07 Å². The molecule has 0 radical (unpaired) electrons. The zero-order valence-electron chi connectivity index (χ0n) is 16.1. The Morgan fingerprint density at radius 2 is 1.87 bits per heavy atom. The molecule has 0 spiro atoms. The molecule has 0 aromatic heterocycles. The fraction of sp³-hybridized carbons (Fsp3) is 0.136. The average Bonchev–Trinajstić information content (AvgIpc) is 3.20. The second kappa shape index (κ2) is 8.12. The number of phenolic OH excluding ortho intramolecular Hbond substituents is 1. The summed E-state index contributed by atoms with van der Waals surface area (Å²) in [5.41, 5.74) is 3.46. The van der Waals surface area contributed by atoms with E-state index < -0.39 is 5.91 Å². The Balaban J connectivity index is 1.37. The fourth-order valence-electron chi connectivity index (χ4n) is 3.10. The van der Waals surface area contributed by atoms with Gasteiger partial charge in [0.15, 0.2) is 11.5 Å². The molecule has 1 aliphatic heterocycles. The molecule has 1 heterocycles. The maximum absolute atomic E-state index is 12.4. The summed E-state index contributed by atoms with van der Waals surface area (Å²) >= 11 is 0. The predicted octanol–water partition coefficient (Wildman–Crippen LogP) is 3.41. The lowest BCUT2D eigenvalue weighted by molar-refractivity contribution is -0.115. The zero-order chi connectivity index (χ0) is 21.1. The van der Waals surface area contributed by atoms with Crippen LogP contribution in [-0.2, 0) is 4.79 Å². The van der Waals surface area contributed by atoms with Crippen molar-refractivity contribution >= 4 is 34.0 Å². The van der Waals surface area contributed by atoms with Crippen LogP contribution in [0.25, 0.3) is 10.8 Å². The van der Waals surface area contributed by atoms with Gasteiger partial charge in [-0.25, -0.2) is 5.43 Å². The highest BCUT2D eigenvalue weighted by Crippen LogP contribution is 2.34. The topological polar surface area (TPSA) is 109 Å². The van der Waals surface area contributed by atoms with Crippen molar-refractivity contribution in [3.8, 4) is 17.2 Å². The highest BCUT2D eigenvalue weighted by molar-refractivity contribution is 6.07. The monoisotopic (exact) mass is 405 g/mol. The number of rotatable bonds is 5. The maximum Gasteiger partial charge on any atom is 0.275 e. The van der Waals surface area contributed by atoms with E-state index in [1.54, 1.807) is 43.3 Å². The van der Waals surface area contributed by atoms with Gasteiger partial charge in [0.25, 0.3) is 5.91 Å². The van der Waals surface area contributed by atoms with Crippen LogP contribution in [0.5, 0.6) is 17.2 Å². The molecular formula is C22H19N3O5. The molecule has 0 saturated heterocycles. The van der Waals surface area contributed by atoms with Gasteiger partial charge >= 0.3 is 0 Å². The molecule has 3 aromatic carbocycles. The molecule has 2 amide bonds. The van der Waals surface area contributed by atoms with Gasteiger partial charge in [-0.1, -0.05) is 30.3 Å². The van der Waals surface area contributed by atoms with Gasteiger partial charge in [-0.3, -0.25) is 9.59 Å². The zero-order valence-corrected chi connectivity index (χ0v) is 16.1. The number of benzene rings is 3. The first-order valence-corrected chi connectivity index (χ1v) is 9.25. The Hall–Kier alpha value is -4.07. The van der Waals surface area contributed by atoms with E-state index in [0.717, 1.165) is 5.39 Å². The number of ether oxygens (including phenoxy) is 2. The first-order chi connectivity index (χ1) is 14.5. The molecule has 0 atom stereocenters. The number of nitrogens with zero attached hydrogens (tertiary/aromatic N) is 1. The third kappa shape index (κ3) is 4.02. The van der Waals surface area contributed by atoms with Crippen molar-refractivity contribution in [2.75, 3.05) is 12.1 Å². The van der Waals surface area contributed by atoms with Crippen molar-refractivity contribution in [2.45, 2.75) is 13.3 Å². The third-order valence-electron chi connectivity index (χ3n) is 4.57. The van der Waals surface area contributed by atoms with Crippen LogP contribution in [0.15, 0.2) is 59.7 Å². The first-order valence-electron chi connectivity index (χ1n) is 9.25. The van der Waals surface area contributed by atoms with Gasteiger partial charge in [0.05, 0.1) is 12.0 Å². The molecule has 8 heteroatoms. The second-order valence-electron chi connectivity index (χ2n) is 6.76. The summed E-state index contributed by atoms with van der Waals surface area (Å²) in [6, 6.07) is 15.6. The number of carbonyl (C=O) groups is 2. The Bertz CT molecular complexity index is 1170. The second-order valence-corrected chi connectivity index (χ2v) is 6.76. The van der Waals surface area contributed by atoms with Crippen molar-refractivity contribution in [3.63, 3.8) is 0 Å². The van der Waals surface area contributed by atoms with E-state index in [1.807, 2.05) is 12.1 Å². The number of nitrogens with one attached hydrogen (secondary N) is 2. The molecular weight excluding hydrogens is 386 g/mol. The number of amides is 2. The minimum absolute atomic E-state index is 0.0155. The summed E-state index contributed by atoms with van der Waals surface area (Å²) in [5.74, 6) is 0.233. The van der Waals surface area contributed by atoms with Crippen LogP contribution in [0.1, 0.15) is 23.7 Å². The molecule has 0 aliphatic carbocycles. The van der Waals surface area contributed by atoms with Gasteiger partial charge in [-0.2, -0.15) is 5.10 Å². The molecule has 0 fully saturated rings. The molecule has 0 unspecified atom stereocenters. The van der Waals surface area contributed by atoms with E-state index in [9.17, 15) is 14.7 Å². The molecule has 4 rings (SSSR count). The number of hydrazone groups is 1. The molecule has 1 aliphatic rings. The van der Waals surface area contributed by atoms with Crippen LogP contribution < -0.4 is 20.2 Å². The van der Waals surface area contributed by atoms with Gasteiger partial charge < -0.3 is 19.9 Å². The largest absolute Gasteiger partial charge is 0.506 e. The van der Waals surface area contributed by atoms with Crippen LogP contribution in [0.2, 0.25) is 0 Å². The van der Waals surface area contributed by atoms with Crippen LogP contribution >= 0.6 is 0 Å². The van der Waals surface area contributed by atoms with Gasteiger partial charge in [-0.05, 0) is 30.5 Å². The Labute approximate surface area is 172 Å². The lowest BCUT2D eigenvalue weighted by Crippen LogP contribution is -2.21. The number of aromatic hydroxyl groups is 1. The smallest absolute Gasteiger partial charge is 0.275 e. The van der Waals surface area contributed by atoms with E-state index >= 15 is 0 Å². The molecule has 0 bridgehead atoms. The van der Waals surface area contributed by atoms with Crippen LogP contribution in [-0.4, -0.2) is 29.4 Å². The van der Waals surface area contributed by atoms with Crippen molar-refractivity contribution < 1.29 is 24.2 Å². The van der Waals surface area contributed by atoms with Crippen LogP contribution in [0.3, 0.4) is 0 Å². The highest BCUT2D eigenvalue weighted by Gasteiger charge is 2.15. The van der Waals surface area contributed by atoms with Crippen molar-refractivity contribution in [2.24, 2.45) is 5.10 Å². The quantitative estimate of drug-likeness (QED) is 0.445. The fourth-order valence-corrected chi connectivity index (χ4v) is 3.10. The molecule has 30 heavy (non-hydrogen) atoms. The average molecular weight is 405 g/mol. The van der Waals surface area contributed by atoms with Gasteiger partial charge in [-0.15, -0.1) is 0 Å². The van der Waals surface area contributed by atoms with Gasteiger partial charge in [0.1, 0.15) is 5.75 Å². The molecule has 152 valence electrons. The first kappa shape index (κ1) is 19.3. The standard InChI is InChI=1S/C22H19N3O5/c1-13(10-20(26)23-15-7-9-18-19(11-15)30-12-29-18)24-25-22(28)17-8-6-14-4-2-3-5-16(14)21(17)27/h2-9,11,27H,10,12H2,1H3,(H,23,26)(H,25,28). The summed E-state index contributed by atoms with van der Waals surface area (Å²) in [4.78, 5) is 24.6. The number of hydrogen-bond acceptors (Lipinski definition) is 6. The Kier molecular flexibility index (Phi) is 5.21. The van der Waals surface area contributed by atoms with Crippen LogP contribution in [0, 0.1) is 0 Å². The highest BCUT2D eigenvalue weighted by atomic mass is 16.7. The van der Waals surface area contributed by atoms with E-state index in [4.69, 9.17) is 9.47 Å². The number of phenols is 1. The Morgan fingerprint density at radius 1 is 1.07 bits per heavy atom. The SMILES string of the molecule is CC(CC(=O)Nc1ccc2c(c1)OCO2)=NNC(=O)c1ccc2ccccc2c1O. The van der Waals surface area contributed by atoms with Gasteiger partial charge in [0, 0.05) is 22.9 Å². The summed E-state index contributed by atoms with van der Waals surface area (Å²) in [6.07, 6.45) is -0.0155. The number of carbonyl (C=O) groups excluding carboxylic acids is 2. The number of fused-ring (bicyclic) bond motifs is 2. The van der Waals surface area contributed by atoms with E-state index in [0.29, 0.717) is 28.3 Å². The van der Waals surface area contributed by atoms with Gasteiger partial charge in [0.2, 0.25) is 12.7 Å². The minimum Gasteiger partial charge on any atom is -0.506 e. The molecule has 3 aromatic rings. The Morgan fingerprint density at radius 3 is 2.73 bits per heavy atom. The van der Waals surface area contributed by atoms with Crippen molar-refractivity contribution in [3.05, 3.63) is 60.2 Å². The van der Waals surface area contributed by atoms with E-state index in [2.05, 4.69) is 15.8 Å². The molecule has 3 N–H and O–H groups in total. The van der Waals surface area contributed by atoms with E-state index in [-0.39, 0.29) is 30.4 Å². The summed E-state index contributed by atoms with van der Waals surface area (Å²) in [5, 5.41) is 18.5. The number of hydrogen-bond donors (Lipinski definition) is 3. The lowest BCUT2D eigenvalue weighted by atomic mass is 10.1. The molecule has 8 nitrogen and oxygen atoms in total. The summed E-state index contributed by atoms with van der Waals surface area (Å²) in [7, 11) is 0. The summed E-state index contributed by atoms with van der Waals surface area (Å²) < 4.78 is 10.5. The van der Waals surface area contributed by atoms with Crippen molar-refractivity contribution in [1.29, 1.82) is 0 Å². The maximum atomic E-state index is 12.4. The minimum atomic E-state index is -0.561. The summed E-state index contributed by atoms with van der Waals surface area (Å²) in [6.45, 7) is 1.78.